The zero-order valence-corrected chi connectivity index (χ0v) is 6.25. The first-order valence-corrected chi connectivity index (χ1v) is 3.44. The van der Waals surface area contributed by atoms with Crippen molar-refractivity contribution < 1.29 is 5.21 Å². The second-order valence-corrected chi connectivity index (χ2v) is 2.30. The van der Waals surface area contributed by atoms with Gasteiger partial charge in [0.15, 0.2) is 0 Å². The highest BCUT2D eigenvalue weighted by atomic mass is 16.5. The van der Waals surface area contributed by atoms with Crippen LogP contribution in [-0.2, 0) is 0 Å². The Hall–Kier alpha value is -1.12. The first kappa shape index (κ1) is 7.98. The summed E-state index contributed by atoms with van der Waals surface area (Å²) in [6.45, 7) is 4.20. The molecule has 0 aliphatic carbocycles. The van der Waals surface area contributed by atoms with Gasteiger partial charge >= 0.3 is 0 Å². The highest BCUT2D eigenvalue weighted by Gasteiger charge is 1.94. The van der Waals surface area contributed by atoms with Gasteiger partial charge in [-0.2, -0.15) is 0 Å². The van der Waals surface area contributed by atoms with Crippen molar-refractivity contribution in [3.8, 4) is 0 Å². The molecule has 0 bridgehead atoms. The maximum Gasteiger partial charge on any atom is 0.0458 e. The maximum absolute atomic E-state index is 8.39. The Morgan fingerprint density at radius 3 is 2.55 bits per heavy atom. The zero-order chi connectivity index (χ0) is 8.10. The van der Waals surface area contributed by atoms with Gasteiger partial charge in [0.1, 0.15) is 0 Å². The summed E-state index contributed by atoms with van der Waals surface area (Å²) < 4.78 is 0. The molecule has 1 aromatic carbocycles. The fourth-order valence-corrected chi connectivity index (χ4v) is 0.871. The molecule has 0 radical (unpaired) electrons. The van der Waals surface area contributed by atoms with E-state index in [1.807, 2.05) is 30.3 Å². The Kier molecular flexibility index (Phi) is 2.83. The van der Waals surface area contributed by atoms with Crippen molar-refractivity contribution in [2.75, 3.05) is 6.54 Å². The Balaban J connectivity index is 2.69. The molecule has 2 heteroatoms. The van der Waals surface area contributed by atoms with Crippen LogP contribution in [0.25, 0.3) is 5.57 Å². The van der Waals surface area contributed by atoms with E-state index >= 15 is 0 Å². The van der Waals surface area contributed by atoms with E-state index in [1.165, 1.54) is 0 Å². The quantitative estimate of drug-likeness (QED) is 0.641. The van der Waals surface area contributed by atoms with Crippen LogP contribution in [0.15, 0.2) is 36.9 Å². The average Bonchev–Trinajstić information content (AvgIpc) is 2.07. The molecule has 0 fully saturated rings. The minimum absolute atomic E-state index is 0.407. The molecule has 0 heterocycles. The zero-order valence-electron chi connectivity index (χ0n) is 6.25. The number of benzene rings is 1. The fourth-order valence-electron chi connectivity index (χ4n) is 0.871. The van der Waals surface area contributed by atoms with E-state index in [0.29, 0.717) is 6.54 Å². The lowest BCUT2D eigenvalue weighted by Gasteiger charge is -2.02. The van der Waals surface area contributed by atoms with Crippen molar-refractivity contribution in [2.45, 2.75) is 0 Å². The molecular formula is C9H11NO. The maximum atomic E-state index is 8.39. The molecule has 2 N–H and O–H groups in total. The first-order chi connectivity index (χ1) is 5.34. The topological polar surface area (TPSA) is 32.3 Å². The summed E-state index contributed by atoms with van der Waals surface area (Å²) in [5, 5.41) is 8.39. The molecule has 0 atom stereocenters. The minimum atomic E-state index is 0.407. The SMILES string of the molecule is C=C(CNO)c1ccccc1. The summed E-state index contributed by atoms with van der Waals surface area (Å²) in [7, 11) is 0. The largest absolute Gasteiger partial charge is 0.316 e. The highest BCUT2D eigenvalue weighted by Crippen LogP contribution is 2.09. The first-order valence-electron chi connectivity index (χ1n) is 3.44. The van der Waals surface area contributed by atoms with Crippen LogP contribution in [0.3, 0.4) is 0 Å². The molecule has 0 unspecified atom stereocenters. The van der Waals surface area contributed by atoms with Crippen molar-refractivity contribution in [3.05, 3.63) is 42.5 Å². The second kappa shape index (κ2) is 3.91. The van der Waals surface area contributed by atoms with Crippen LogP contribution in [0.1, 0.15) is 5.56 Å². The number of nitrogens with one attached hydrogen (secondary N) is 1. The Morgan fingerprint density at radius 1 is 1.36 bits per heavy atom. The van der Waals surface area contributed by atoms with Crippen LogP contribution in [0, 0.1) is 0 Å². The van der Waals surface area contributed by atoms with Crippen LogP contribution in [-0.4, -0.2) is 11.8 Å². The summed E-state index contributed by atoms with van der Waals surface area (Å²) in [4.78, 5) is 0. The summed E-state index contributed by atoms with van der Waals surface area (Å²) in [5.74, 6) is 0. The van der Waals surface area contributed by atoms with E-state index in [-0.39, 0.29) is 0 Å². The number of hydrogen-bond donors (Lipinski definition) is 2. The molecule has 0 aliphatic heterocycles. The number of hydrogen-bond acceptors (Lipinski definition) is 2. The molecule has 1 rings (SSSR count). The predicted molar refractivity (Wildman–Crippen MR) is 45.3 cm³/mol. The van der Waals surface area contributed by atoms with Crippen LogP contribution >= 0.6 is 0 Å². The lowest BCUT2D eigenvalue weighted by atomic mass is 10.1. The van der Waals surface area contributed by atoms with Crippen LogP contribution < -0.4 is 5.48 Å². The van der Waals surface area contributed by atoms with Crippen molar-refractivity contribution in [2.24, 2.45) is 0 Å². The monoisotopic (exact) mass is 149 g/mol. The van der Waals surface area contributed by atoms with E-state index in [9.17, 15) is 0 Å². The van der Waals surface area contributed by atoms with Gasteiger partial charge in [0.25, 0.3) is 0 Å². The average molecular weight is 149 g/mol. The van der Waals surface area contributed by atoms with Crippen molar-refractivity contribution in [1.82, 2.24) is 5.48 Å². The van der Waals surface area contributed by atoms with Crippen LogP contribution in [0.5, 0.6) is 0 Å². The van der Waals surface area contributed by atoms with Gasteiger partial charge in [0.2, 0.25) is 0 Å². The molecule has 11 heavy (non-hydrogen) atoms. The Morgan fingerprint density at radius 2 is 2.00 bits per heavy atom. The van der Waals surface area contributed by atoms with E-state index in [1.54, 1.807) is 0 Å². The van der Waals surface area contributed by atoms with Gasteiger partial charge in [-0.1, -0.05) is 36.9 Å². The molecule has 0 spiro atoms. The molecule has 0 aromatic heterocycles. The summed E-state index contributed by atoms with van der Waals surface area (Å²) in [6, 6.07) is 9.75. The third-order valence-corrected chi connectivity index (χ3v) is 1.47. The lowest BCUT2D eigenvalue weighted by Crippen LogP contribution is -2.09. The van der Waals surface area contributed by atoms with E-state index < -0.39 is 0 Å². The Labute approximate surface area is 66.1 Å². The summed E-state index contributed by atoms with van der Waals surface area (Å²) in [6.07, 6.45) is 0. The van der Waals surface area contributed by atoms with Gasteiger partial charge < -0.3 is 5.21 Å². The lowest BCUT2D eigenvalue weighted by molar-refractivity contribution is 0.182. The van der Waals surface area contributed by atoms with Gasteiger partial charge in [0.05, 0.1) is 0 Å². The molecule has 0 saturated heterocycles. The van der Waals surface area contributed by atoms with Crippen LogP contribution in [0.2, 0.25) is 0 Å². The van der Waals surface area contributed by atoms with Gasteiger partial charge in [-0.15, -0.1) is 0 Å². The highest BCUT2D eigenvalue weighted by molar-refractivity contribution is 5.64. The van der Waals surface area contributed by atoms with E-state index in [4.69, 9.17) is 5.21 Å². The molecule has 1 aromatic rings. The summed E-state index contributed by atoms with van der Waals surface area (Å²) in [5.41, 5.74) is 4.00. The standard InChI is InChI=1S/C9H11NO/c1-8(7-10-11)9-5-3-2-4-6-9/h2-6,10-11H,1,7H2. The molecule has 0 saturated carbocycles. The molecule has 0 aliphatic rings. The number of hydroxylamine groups is 1. The van der Waals surface area contributed by atoms with E-state index in [0.717, 1.165) is 11.1 Å². The second-order valence-electron chi connectivity index (χ2n) is 2.30. The van der Waals surface area contributed by atoms with Gasteiger partial charge in [-0.05, 0) is 11.1 Å². The number of rotatable bonds is 3. The molecular weight excluding hydrogens is 138 g/mol. The minimum Gasteiger partial charge on any atom is -0.316 e. The molecule has 2 nitrogen and oxygen atoms in total. The van der Waals surface area contributed by atoms with Gasteiger partial charge in [-0.3, -0.25) is 0 Å². The van der Waals surface area contributed by atoms with Crippen molar-refractivity contribution >= 4 is 5.57 Å². The fraction of sp³-hybridized carbons (Fsp3) is 0.111. The van der Waals surface area contributed by atoms with Gasteiger partial charge in [0, 0.05) is 6.54 Å². The van der Waals surface area contributed by atoms with Crippen molar-refractivity contribution in [1.29, 1.82) is 0 Å². The van der Waals surface area contributed by atoms with Crippen molar-refractivity contribution in [3.63, 3.8) is 0 Å². The Bertz CT molecular complexity index is 231. The summed E-state index contributed by atoms with van der Waals surface area (Å²) >= 11 is 0. The predicted octanol–water partition coefficient (Wildman–Crippen LogP) is 1.68. The normalized spacial score (nSPS) is 9.55. The van der Waals surface area contributed by atoms with Crippen LogP contribution in [0.4, 0.5) is 0 Å². The van der Waals surface area contributed by atoms with Gasteiger partial charge in [-0.25, -0.2) is 5.48 Å². The smallest absolute Gasteiger partial charge is 0.0458 e. The molecule has 58 valence electrons. The third-order valence-electron chi connectivity index (χ3n) is 1.47. The molecule has 0 amide bonds. The third kappa shape index (κ3) is 2.18. The van der Waals surface area contributed by atoms with E-state index in [2.05, 4.69) is 12.1 Å².